The maximum atomic E-state index is 10.2. The van der Waals surface area contributed by atoms with E-state index < -0.39 is 5.97 Å². The van der Waals surface area contributed by atoms with Crippen molar-refractivity contribution in [2.75, 3.05) is 6.61 Å². The fourth-order valence-corrected chi connectivity index (χ4v) is 0.927. The van der Waals surface area contributed by atoms with Crippen LogP contribution in [0.1, 0.15) is 10.4 Å². The summed E-state index contributed by atoms with van der Waals surface area (Å²) in [6.45, 7) is 0.733. The summed E-state index contributed by atoms with van der Waals surface area (Å²) in [5.74, 6) is -0.879. The molecule has 1 N–H and O–H groups in total. The lowest BCUT2D eigenvalue weighted by atomic mass is 10.2. The second-order valence-electron chi connectivity index (χ2n) is 2.76. The molecule has 2 rings (SSSR count). The Labute approximate surface area is 88.3 Å². The van der Waals surface area contributed by atoms with Gasteiger partial charge in [-0.2, -0.15) is 0 Å². The molecule has 0 saturated heterocycles. The van der Waals surface area contributed by atoms with E-state index in [4.69, 9.17) is 9.84 Å². The van der Waals surface area contributed by atoms with E-state index in [1.54, 1.807) is 36.6 Å². The third-order valence-corrected chi connectivity index (χ3v) is 1.64. The normalized spacial score (nSPS) is 12.3. The zero-order valence-corrected chi connectivity index (χ0v) is 8.17. The summed E-state index contributed by atoms with van der Waals surface area (Å²) in [4.78, 5) is 10.2. The molecule has 0 aromatic heterocycles. The number of aromatic carboxylic acids is 1. The molecule has 1 aromatic carbocycles. The summed E-state index contributed by atoms with van der Waals surface area (Å²) in [6, 6.07) is 8.30. The van der Waals surface area contributed by atoms with Crippen LogP contribution in [-0.2, 0) is 4.74 Å². The molecule has 0 fully saturated rings. The lowest BCUT2D eigenvalue weighted by Crippen LogP contribution is -1.93. The van der Waals surface area contributed by atoms with Gasteiger partial charge in [0.1, 0.15) is 6.61 Å². The molecule has 3 nitrogen and oxygen atoms in total. The predicted octanol–water partition coefficient (Wildman–Crippen LogP) is 2.47. The van der Waals surface area contributed by atoms with Crippen LogP contribution in [-0.4, -0.2) is 17.7 Å². The molecule has 0 amide bonds. The van der Waals surface area contributed by atoms with Crippen LogP contribution in [0.5, 0.6) is 0 Å². The first-order valence-corrected chi connectivity index (χ1v) is 4.52. The zero-order valence-electron chi connectivity index (χ0n) is 8.17. The standard InChI is InChI=1S/C7H6O2.C5H6O/c8-7(9)6-4-2-1-3-5-6;1-2-4-6-5-3-1/h1-5H,(H,8,9);1-4H,5H2. The van der Waals surface area contributed by atoms with Gasteiger partial charge in [0.05, 0.1) is 11.8 Å². The number of carbonyl (C=O) groups is 1. The second kappa shape index (κ2) is 6.43. The highest BCUT2D eigenvalue weighted by molar-refractivity contribution is 5.87. The van der Waals surface area contributed by atoms with Gasteiger partial charge in [0.2, 0.25) is 0 Å². The van der Waals surface area contributed by atoms with Gasteiger partial charge in [-0.15, -0.1) is 0 Å². The molecule has 78 valence electrons. The molecule has 3 heteroatoms. The van der Waals surface area contributed by atoms with E-state index in [1.807, 2.05) is 18.2 Å². The van der Waals surface area contributed by atoms with Gasteiger partial charge in [-0.1, -0.05) is 24.3 Å². The monoisotopic (exact) mass is 204 g/mol. The molecule has 15 heavy (non-hydrogen) atoms. The molecular formula is C12H12O3. The molecular weight excluding hydrogens is 192 g/mol. The molecule has 0 saturated carbocycles. The minimum absolute atomic E-state index is 0.331. The Bertz CT molecular complexity index is 340. The molecule has 0 bridgehead atoms. The number of benzene rings is 1. The minimum atomic E-state index is -0.879. The first-order valence-electron chi connectivity index (χ1n) is 4.52. The number of hydrogen-bond donors (Lipinski definition) is 1. The molecule has 0 unspecified atom stereocenters. The van der Waals surface area contributed by atoms with Crippen LogP contribution >= 0.6 is 0 Å². The van der Waals surface area contributed by atoms with Crippen LogP contribution in [0.3, 0.4) is 0 Å². The van der Waals surface area contributed by atoms with Crippen molar-refractivity contribution >= 4 is 5.97 Å². The van der Waals surface area contributed by atoms with Crippen molar-refractivity contribution < 1.29 is 14.6 Å². The fraction of sp³-hybridized carbons (Fsp3) is 0.0833. The first kappa shape index (κ1) is 11.0. The Balaban J connectivity index is 0.000000162. The fourth-order valence-electron chi connectivity index (χ4n) is 0.927. The Morgan fingerprint density at radius 2 is 1.93 bits per heavy atom. The van der Waals surface area contributed by atoms with Crippen molar-refractivity contribution in [3.8, 4) is 0 Å². The highest BCUT2D eigenvalue weighted by atomic mass is 16.5. The SMILES string of the molecule is C1=CCOC=C1.O=C(O)c1ccccc1. The number of hydrogen-bond acceptors (Lipinski definition) is 2. The van der Waals surface area contributed by atoms with Gasteiger partial charge in [0.25, 0.3) is 0 Å². The third-order valence-electron chi connectivity index (χ3n) is 1.64. The number of carboxylic acid groups (broad SMARTS) is 1. The summed E-state index contributed by atoms with van der Waals surface area (Å²) in [6.07, 6.45) is 7.47. The topological polar surface area (TPSA) is 46.5 Å². The van der Waals surface area contributed by atoms with E-state index >= 15 is 0 Å². The lowest BCUT2D eigenvalue weighted by Gasteiger charge is -1.94. The van der Waals surface area contributed by atoms with Crippen LogP contribution in [0, 0.1) is 0 Å². The van der Waals surface area contributed by atoms with Gasteiger partial charge in [-0.25, -0.2) is 4.79 Å². The van der Waals surface area contributed by atoms with Crippen molar-refractivity contribution in [1.82, 2.24) is 0 Å². The first-order chi connectivity index (χ1) is 7.30. The zero-order chi connectivity index (χ0) is 10.9. The van der Waals surface area contributed by atoms with E-state index in [2.05, 4.69) is 0 Å². The molecule has 0 atom stereocenters. The maximum absolute atomic E-state index is 10.2. The highest BCUT2D eigenvalue weighted by Gasteiger charge is 1.96. The average molecular weight is 204 g/mol. The summed E-state index contributed by atoms with van der Waals surface area (Å²) in [7, 11) is 0. The third kappa shape index (κ3) is 4.67. The molecule has 1 aliphatic rings. The Kier molecular flexibility index (Phi) is 4.73. The van der Waals surface area contributed by atoms with E-state index in [0.29, 0.717) is 5.56 Å². The van der Waals surface area contributed by atoms with Crippen LogP contribution in [0.25, 0.3) is 0 Å². The summed E-state index contributed by atoms with van der Waals surface area (Å²) >= 11 is 0. The van der Waals surface area contributed by atoms with Crippen molar-refractivity contribution in [3.63, 3.8) is 0 Å². The largest absolute Gasteiger partial charge is 0.497 e. The Hall–Kier alpha value is -2.03. The van der Waals surface area contributed by atoms with Gasteiger partial charge < -0.3 is 9.84 Å². The van der Waals surface area contributed by atoms with Crippen molar-refractivity contribution in [2.45, 2.75) is 0 Å². The molecule has 1 aromatic rings. The van der Waals surface area contributed by atoms with E-state index in [1.165, 1.54) is 0 Å². The number of ether oxygens (including phenoxy) is 1. The number of rotatable bonds is 1. The molecule has 1 heterocycles. The lowest BCUT2D eigenvalue weighted by molar-refractivity contribution is 0.0697. The smallest absolute Gasteiger partial charge is 0.335 e. The van der Waals surface area contributed by atoms with Gasteiger partial charge in [0, 0.05) is 0 Å². The Morgan fingerprint density at radius 1 is 1.20 bits per heavy atom. The van der Waals surface area contributed by atoms with Crippen molar-refractivity contribution in [3.05, 3.63) is 60.4 Å². The van der Waals surface area contributed by atoms with Crippen LogP contribution in [0.15, 0.2) is 54.8 Å². The van der Waals surface area contributed by atoms with E-state index in [-0.39, 0.29) is 0 Å². The number of carboxylic acids is 1. The maximum Gasteiger partial charge on any atom is 0.335 e. The van der Waals surface area contributed by atoms with E-state index in [9.17, 15) is 4.79 Å². The summed E-state index contributed by atoms with van der Waals surface area (Å²) in [5.41, 5.74) is 0.331. The van der Waals surface area contributed by atoms with Crippen molar-refractivity contribution in [2.24, 2.45) is 0 Å². The molecule has 0 radical (unpaired) electrons. The van der Waals surface area contributed by atoms with Gasteiger partial charge in [-0.3, -0.25) is 0 Å². The predicted molar refractivity (Wildman–Crippen MR) is 57.6 cm³/mol. The minimum Gasteiger partial charge on any atom is -0.497 e. The Morgan fingerprint density at radius 3 is 2.20 bits per heavy atom. The average Bonchev–Trinajstić information content (AvgIpc) is 2.33. The van der Waals surface area contributed by atoms with Crippen molar-refractivity contribution in [1.29, 1.82) is 0 Å². The number of allylic oxidation sites excluding steroid dienone is 2. The van der Waals surface area contributed by atoms with Gasteiger partial charge >= 0.3 is 5.97 Å². The summed E-state index contributed by atoms with van der Waals surface area (Å²) in [5, 5.41) is 8.38. The second-order valence-corrected chi connectivity index (χ2v) is 2.76. The van der Waals surface area contributed by atoms with Gasteiger partial charge in [0.15, 0.2) is 0 Å². The molecule has 0 spiro atoms. The highest BCUT2D eigenvalue weighted by Crippen LogP contribution is 1.96. The van der Waals surface area contributed by atoms with E-state index in [0.717, 1.165) is 6.61 Å². The van der Waals surface area contributed by atoms with Crippen LogP contribution in [0.2, 0.25) is 0 Å². The van der Waals surface area contributed by atoms with Crippen LogP contribution < -0.4 is 0 Å². The van der Waals surface area contributed by atoms with Gasteiger partial charge in [-0.05, 0) is 24.3 Å². The summed E-state index contributed by atoms with van der Waals surface area (Å²) < 4.78 is 4.80. The van der Waals surface area contributed by atoms with Crippen LogP contribution in [0.4, 0.5) is 0 Å². The quantitative estimate of drug-likeness (QED) is 0.764. The molecule has 1 aliphatic heterocycles. The molecule has 0 aliphatic carbocycles.